The first-order chi connectivity index (χ1) is 12.7. The number of ketones is 1. The van der Waals surface area contributed by atoms with Gasteiger partial charge in [0.05, 0.1) is 5.56 Å². The third-order valence-electron chi connectivity index (χ3n) is 5.13. The van der Waals surface area contributed by atoms with Crippen molar-refractivity contribution in [2.45, 2.75) is 52.4 Å². The topological polar surface area (TPSA) is 46.2 Å². The largest absolute Gasteiger partial charge is 0.316 e. The predicted octanol–water partition coefficient (Wildman–Crippen LogP) is 5.58. The lowest BCUT2D eigenvalue weighted by molar-refractivity contribution is -0.113. The predicted molar refractivity (Wildman–Crippen MR) is 113 cm³/mol. The molecule has 0 unspecified atom stereocenters. The van der Waals surface area contributed by atoms with Crippen molar-refractivity contribution in [2.75, 3.05) is 11.2 Å². The van der Waals surface area contributed by atoms with Gasteiger partial charge >= 0.3 is 0 Å². The van der Waals surface area contributed by atoms with Crippen LogP contribution in [-0.2, 0) is 23.1 Å². The molecule has 0 saturated carbocycles. The molecule has 0 bridgehead atoms. The fourth-order valence-electron chi connectivity index (χ4n) is 3.51. The summed E-state index contributed by atoms with van der Waals surface area (Å²) in [6, 6.07) is 7.83. The van der Waals surface area contributed by atoms with Crippen LogP contribution in [0.3, 0.4) is 0 Å². The van der Waals surface area contributed by atoms with E-state index in [0.29, 0.717) is 22.0 Å². The van der Waals surface area contributed by atoms with Gasteiger partial charge in [-0.1, -0.05) is 52.0 Å². The Hall–Kier alpha value is -1.65. The fourth-order valence-corrected chi connectivity index (χ4v) is 5.00. The molecule has 1 aliphatic carbocycles. The Labute approximate surface area is 170 Å². The van der Waals surface area contributed by atoms with Crippen LogP contribution in [0.2, 0.25) is 0 Å². The van der Waals surface area contributed by atoms with Crippen LogP contribution in [0.4, 0.5) is 5.00 Å². The van der Waals surface area contributed by atoms with Crippen LogP contribution in [0, 0.1) is 5.92 Å². The number of carbonyl (C=O) groups is 2. The molecule has 0 aliphatic heterocycles. The molecular weight excluding hydrogens is 378 g/mol. The minimum Gasteiger partial charge on any atom is -0.316 e. The van der Waals surface area contributed by atoms with E-state index in [-0.39, 0.29) is 23.0 Å². The SMILES string of the molecule is C[C@H]1CCc2c(sc(NC(=O)CCl)c2C(=O)c2ccc(C(C)(C)C)cc2)C1. The Kier molecular flexibility index (Phi) is 5.78. The van der Waals surface area contributed by atoms with Gasteiger partial charge in [-0.05, 0) is 41.7 Å². The third kappa shape index (κ3) is 4.27. The Bertz CT molecular complexity index is 862. The minimum atomic E-state index is -0.277. The quantitative estimate of drug-likeness (QED) is 0.535. The number of hydrogen-bond acceptors (Lipinski definition) is 3. The molecule has 1 atom stereocenters. The molecule has 2 aromatic rings. The van der Waals surface area contributed by atoms with E-state index in [0.717, 1.165) is 24.8 Å². The summed E-state index contributed by atoms with van der Waals surface area (Å²) < 4.78 is 0. The molecule has 144 valence electrons. The lowest BCUT2D eigenvalue weighted by Gasteiger charge is -2.20. The summed E-state index contributed by atoms with van der Waals surface area (Å²) in [6.45, 7) is 8.69. The molecule has 27 heavy (non-hydrogen) atoms. The molecule has 3 rings (SSSR count). The van der Waals surface area contributed by atoms with Crippen molar-refractivity contribution in [1.82, 2.24) is 0 Å². The van der Waals surface area contributed by atoms with Gasteiger partial charge < -0.3 is 5.32 Å². The van der Waals surface area contributed by atoms with E-state index in [1.165, 1.54) is 21.8 Å². The number of benzene rings is 1. The van der Waals surface area contributed by atoms with Crippen LogP contribution in [0.1, 0.15) is 66.0 Å². The van der Waals surface area contributed by atoms with Crippen LogP contribution in [0.5, 0.6) is 0 Å². The van der Waals surface area contributed by atoms with Crippen LogP contribution < -0.4 is 5.32 Å². The van der Waals surface area contributed by atoms with Crippen molar-refractivity contribution in [3.05, 3.63) is 51.4 Å². The maximum atomic E-state index is 13.3. The van der Waals surface area contributed by atoms with E-state index in [9.17, 15) is 9.59 Å². The summed E-state index contributed by atoms with van der Waals surface area (Å²) in [4.78, 5) is 26.4. The standard InChI is InChI=1S/C22H26ClNO2S/c1-13-5-10-16-17(11-13)27-21(24-18(25)12-23)19(16)20(26)14-6-8-15(9-7-14)22(2,3)4/h6-9,13H,5,10-12H2,1-4H3,(H,24,25)/t13-/m0/s1. The summed E-state index contributed by atoms with van der Waals surface area (Å²) in [5.41, 5.74) is 3.65. The van der Waals surface area contributed by atoms with Gasteiger partial charge in [0.1, 0.15) is 10.9 Å². The Morgan fingerprint density at radius 1 is 1.22 bits per heavy atom. The minimum absolute atomic E-state index is 0.0209. The van der Waals surface area contributed by atoms with Crippen LogP contribution in [0.25, 0.3) is 0 Å². The van der Waals surface area contributed by atoms with E-state index in [2.05, 4.69) is 33.0 Å². The molecular formula is C22H26ClNO2S. The number of halogens is 1. The highest BCUT2D eigenvalue weighted by molar-refractivity contribution is 7.17. The van der Waals surface area contributed by atoms with E-state index in [4.69, 9.17) is 11.6 Å². The average molecular weight is 404 g/mol. The highest BCUT2D eigenvalue weighted by atomic mass is 35.5. The number of alkyl halides is 1. The molecule has 3 nitrogen and oxygen atoms in total. The van der Waals surface area contributed by atoms with E-state index >= 15 is 0 Å². The molecule has 5 heteroatoms. The fraction of sp³-hybridized carbons (Fsp3) is 0.455. The van der Waals surface area contributed by atoms with Gasteiger partial charge in [0.15, 0.2) is 5.78 Å². The van der Waals surface area contributed by atoms with Gasteiger partial charge in [0, 0.05) is 10.4 Å². The maximum Gasteiger partial charge on any atom is 0.239 e. The van der Waals surface area contributed by atoms with Crippen molar-refractivity contribution >= 4 is 39.6 Å². The summed E-state index contributed by atoms with van der Waals surface area (Å²) in [5.74, 6) is 0.182. The molecule has 1 aromatic heterocycles. The van der Waals surface area contributed by atoms with Gasteiger partial charge in [0.2, 0.25) is 5.91 Å². The van der Waals surface area contributed by atoms with Crippen molar-refractivity contribution in [1.29, 1.82) is 0 Å². The lowest BCUT2D eigenvalue weighted by atomic mass is 9.85. The highest BCUT2D eigenvalue weighted by Crippen LogP contribution is 2.40. The number of thiophene rings is 1. The molecule has 0 radical (unpaired) electrons. The summed E-state index contributed by atoms with van der Waals surface area (Å²) in [6.07, 6.45) is 2.90. The first kappa shape index (κ1) is 20.1. The zero-order valence-electron chi connectivity index (χ0n) is 16.3. The lowest BCUT2D eigenvalue weighted by Crippen LogP contribution is -2.16. The maximum absolute atomic E-state index is 13.3. The molecule has 1 N–H and O–H groups in total. The first-order valence-electron chi connectivity index (χ1n) is 9.36. The van der Waals surface area contributed by atoms with Gasteiger partial charge in [-0.2, -0.15) is 0 Å². The third-order valence-corrected chi connectivity index (χ3v) is 6.54. The van der Waals surface area contributed by atoms with Gasteiger partial charge in [0.25, 0.3) is 0 Å². The van der Waals surface area contributed by atoms with Crippen LogP contribution in [0.15, 0.2) is 24.3 Å². The number of anilines is 1. The van der Waals surface area contributed by atoms with E-state index < -0.39 is 0 Å². The van der Waals surface area contributed by atoms with Crippen molar-refractivity contribution in [3.63, 3.8) is 0 Å². The number of nitrogens with one attached hydrogen (secondary N) is 1. The summed E-state index contributed by atoms with van der Waals surface area (Å²) in [7, 11) is 0. The van der Waals surface area contributed by atoms with Crippen molar-refractivity contribution in [3.8, 4) is 0 Å². The summed E-state index contributed by atoms with van der Waals surface area (Å²) >= 11 is 7.20. The monoisotopic (exact) mass is 403 g/mol. The molecule has 1 aliphatic rings. The number of carbonyl (C=O) groups excluding carboxylic acids is 2. The average Bonchev–Trinajstić information content (AvgIpc) is 2.97. The zero-order chi connectivity index (χ0) is 19.8. The van der Waals surface area contributed by atoms with E-state index in [1.807, 2.05) is 24.3 Å². The van der Waals surface area contributed by atoms with Gasteiger partial charge in [-0.25, -0.2) is 0 Å². The number of hydrogen-bond donors (Lipinski definition) is 1. The van der Waals surface area contributed by atoms with Crippen LogP contribution >= 0.6 is 22.9 Å². The molecule has 0 saturated heterocycles. The molecule has 1 amide bonds. The number of fused-ring (bicyclic) bond motifs is 1. The van der Waals surface area contributed by atoms with E-state index in [1.54, 1.807) is 0 Å². The Balaban J connectivity index is 2.01. The molecule has 0 fully saturated rings. The summed E-state index contributed by atoms with van der Waals surface area (Å²) in [5, 5.41) is 3.49. The van der Waals surface area contributed by atoms with Gasteiger partial charge in [-0.3, -0.25) is 9.59 Å². The normalized spacial score (nSPS) is 16.7. The second-order valence-corrected chi connectivity index (χ2v) is 9.77. The molecule has 1 aromatic carbocycles. The first-order valence-corrected chi connectivity index (χ1v) is 10.7. The van der Waals surface area contributed by atoms with Crippen LogP contribution in [-0.4, -0.2) is 17.6 Å². The second-order valence-electron chi connectivity index (χ2n) is 8.39. The van der Waals surface area contributed by atoms with Gasteiger partial charge in [-0.15, -0.1) is 22.9 Å². The zero-order valence-corrected chi connectivity index (χ0v) is 17.9. The smallest absolute Gasteiger partial charge is 0.239 e. The Morgan fingerprint density at radius 3 is 2.48 bits per heavy atom. The highest BCUT2D eigenvalue weighted by Gasteiger charge is 2.29. The molecule has 0 spiro atoms. The molecule has 1 heterocycles. The number of amides is 1. The van der Waals surface area contributed by atoms with Crippen molar-refractivity contribution < 1.29 is 9.59 Å². The van der Waals surface area contributed by atoms with Crippen molar-refractivity contribution in [2.24, 2.45) is 5.92 Å². The second kappa shape index (κ2) is 7.76. The Morgan fingerprint density at radius 2 is 1.89 bits per heavy atom. The number of rotatable bonds is 4.